The number of carbonyl (C=O) groups is 5. The van der Waals surface area contributed by atoms with Gasteiger partial charge in [0.05, 0.1) is 34.2 Å². The number of fused-ring (bicyclic) bond motifs is 2. The van der Waals surface area contributed by atoms with Gasteiger partial charge in [0, 0.05) is 35.7 Å². The highest BCUT2D eigenvalue weighted by atomic mass is 32.2. The zero-order chi connectivity index (χ0) is 39.5. The molecule has 1 fully saturated rings. The van der Waals surface area contributed by atoms with Gasteiger partial charge in [-0.25, -0.2) is 4.79 Å². The van der Waals surface area contributed by atoms with Gasteiger partial charge in [-0.2, -0.15) is 0 Å². The lowest BCUT2D eigenvalue weighted by molar-refractivity contribution is -0.137. The third-order valence-electron chi connectivity index (χ3n) is 10.8. The van der Waals surface area contributed by atoms with Gasteiger partial charge in [-0.05, 0) is 44.6 Å². The Balaban J connectivity index is 1.17. The number of thioether (sulfide) groups is 2. The van der Waals surface area contributed by atoms with Crippen LogP contribution in [-0.4, -0.2) is 85.0 Å². The average Bonchev–Trinajstić information content (AvgIpc) is 3.42. The van der Waals surface area contributed by atoms with Crippen LogP contribution in [0.5, 0.6) is 0 Å². The first-order chi connectivity index (χ1) is 26.4. The molecule has 0 radical (unpaired) electrons. The summed E-state index contributed by atoms with van der Waals surface area (Å²) in [7, 11) is 0. The molecule has 4 aliphatic rings. The summed E-state index contributed by atoms with van der Waals surface area (Å²) in [6.45, 7) is 4.17. The molecule has 1 saturated carbocycles. The number of nitrogens with zero attached hydrogens (tertiary/aromatic N) is 3. The van der Waals surface area contributed by atoms with E-state index >= 15 is 0 Å². The Morgan fingerprint density at radius 2 is 1.65 bits per heavy atom. The molecule has 0 saturated heterocycles. The molecule has 16 heteroatoms. The second kappa shape index (κ2) is 20.0. The predicted molar refractivity (Wildman–Crippen MR) is 217 cm³/mol. The summed E-state index contributed by atoms with van der Waals surface area (Å²) in [5.74, 6) is -1.78. The van der Waals surface area contributed by atoms with Crippen molar-refractivity contribution in [2.75, 3.05) is 11.5 Å². The zero-order valence-corrected chi connectivity index (χ0v) is 33.8. The average molecular weight is 800 g/mol. The highest BCUT2D eigenvalue weighted by Gasteiger charge is 2.53. The Morgan fingerprint density at radius 3 is 2.27 bits per heavy atom. The summed E-state index contributed by atoms with van der Waals surface area (Å²) in [6, 6.07) is -1.07. The van der Waals surface area contributed by atoms with Crippen LogP contribution in [0.4, 0.5) is 0 Å². The fraction of sp³-hybridized carbons (Fsp3) is 0.692. The molecule has 3 aliphatic heterocycles. The number of carboxylic acid groups (broad SMARTS) is 1. The third kappa shape index (κ3) is 11.7. The van der Waals surface area contributed by atoms with Gasteiger partial charge in [-0.1, -0.05) is 71.1 Å². The van der Waals surface area contributed by atoms with E-state index in [2.05, 4.69) is 27.9 Å². The molecule has 1 aromatic heterocycles. The Labute approximate surface area is 331 Å². The van der Waals surface area contributed by atoms with Crippen molar-refractivity contribution in [1.82, 2.24) is 20.5 Å². The van der Waals surface area contributed by atoms with Gasteiger partial charge in [0.25, 0.3) is 11.5 Å². The molecule has 1 spiro atoms. The Kier molecular flexibility index (Phi) is 15.4. The molecule has 4 amide bonds. The number of rotatable bonds is 24. The van der Waals surface area contributed by atoms with E-state index in [1.165, 1.54) is 68.5 Å². The number of primary amides is 1. The van der Waals surface area contributed by atoms with Crippen LogP contribution < -0.4 is 27.2 Å². The summed E-state index contributed by atoms with van der Waals surface area (Å²) in [4.78, 5) is 85.6. The zero-order valence-electron chi connectivity index (χ0n) is 32.2. The quantitative estimate of drug-likeness (QED) is 0.0947. The van der Waals surface area contributed by atoms with Gasteiger partial charge in [-0.3, -0.25) is 34.0 Å². The number of amides is 4. The number of nitrogens with two attached hydrogens (primary N) is 1. The largest absolute Gasteiger partial charge is 0.480 e. The van der Waals surface area contributed by atoms with Crippen LogP contribution in [0, 0.1) is 0 Å². The summed E-state index contributed by atoms with van der Waals surface area (Å²) in [5, 5.41) is 19.4. The molecule has 0 aromatic carbocycles. The number of hydrogen-bond acceptors (Lipinski definition) is 10. The smallest absolute Gasteiger partial charge is 0.329 e. The van der Waals surface area contributed by atoms with Crippen LogP contribution >= 0.6 is 23.5 Å². The van der Waals surface area contributed by atoms with E-state index in [1.807, 2.05) is 0 Å². The summed E-state index contributed by atoms with van der Waals surface area (Å²) < 4.78 is 1.58. The molecule has 0 bridgehead atoms. The highest BCUT2D eigenvalue weighted by Crippen LogP contribution is 2.50. The van der Waals surface area contributed by atoms with Crippen LogP contribution in [0.3, 0.4) is 0 Å². The number of carbonyl (C=O) groups excluding carboxylic acids is 4. The van der Waals surface area contributed by atoms with Crippen molar-refractivity contribution in [3.8, 4) is 0 Å². The molecular weight excluding hydrogens is 743 g/mol. The minimum absolute atomic E-state index is 0.149. The van der Waals surface area contributed by atoms with Gasteiger partial charge >= 0.3 is 5.97 Å². The molecule has 302 valence electrons. The van der Waals surface area contributed by atoms with Crippen molar-refractivity contribution in [3.05, 3.63) is 33.2 Å². The van der Waals surface area contributed by atoms with Crippen molar-refractivity contribution in [2.24, 2.45) is 15.7 Å². The lowest BCUT2D eigenvalue weighted by Crippen LogP contribution is -2.50. The molecule has 5 rings (SSSR count). The number of carboxylic acids is 1. The van der Waals surface area contributed by atoms with Crippen molar-refractivity contribution in [2.45, 2.75) is 159 Å². The monoisotopic (exact) mass is 799 g/mol. The highest BCUT2D eigenvalue weighted by molar-refractivity contribution is 8.16. The molecule has 14 nitrogen and oxygen atoms in total. The first kappa shape index (κ1) is 42.5. The fourth-order valence-electron chi connectivity index (χ4n) is 7.50. The van der Waals surface area contributed by atoms with Gasteiger partial charge in [0.15, 0.2) is 6.04 Å². The first-order valence-corrected chi connectivity index (χ1v) is 22.0. The molecule has 1 aliphatic carbocycles. The van der Waals surface area contributed by atoms with Crippen LogP contribution in [-0.2, 0) is 37.7 Å². The van der Waals surface area contributed by atoms with Crippen molar-refractivity contribution in [1.29, 1.82) is 0 Å². The van der Waals surface area contributed by atoms with E-state index in [9.17, 15) is 33.9 Å². The van der Waals surface area contributed by atoms with Crippen molar-refractivity contribution in [3.63, 3.8) is 0 Å². The predicted octanol–water partition coefficient (Wildman–Crippen LogP) is 4.19. The minimum Gasteiger partial charge on any atom is -0.480 e. The maximum atomic E-state index is 13.7. The van der Waals surface area contributed by atoms with Crippen molar-refractivity contribution < 1.29 is 29.1 Å². The number of unbranched alkanes of at least 4 members (excludes halogenated alkanes) is 10. The van der Waals surface area contributed by atoms with E-state index in [0.717, 1.165) is 32.1 Å². The third-order valence-corrected chi connectivity index (χ3v) is 13.0. The lowest BCUT2D eigenvalue weighted by atomic mass is 9.98. The standard InChI is InChI=1S/C39H57N7O7S2/c1-3-4-5-6-7-8-9-10-11-12-13-14-31(48)42-26(20-30(40)47)35(50)41-24(2)15-16-29-34-25(39(17-18-39)45-36(34)51)19-33(49)46(29)21-32-43-27(22-54-32)37-44-28(23-55-37)38(52)53/h19,24,26-28H,3-18,20-23H2,1-2H3,(H2,40,47)(H,41,50)(H,42,48)(H,45,51)(H,52,53)/t24-,26+,27?,28?/m0/s1. The van der Waals surface area contributed by atoms with Gasteiger partial charge < -0.3 is 31.4 Å². The lowest BCUT2D eigenvalue weighted by Gasteiger charge is -2.22. The Morgan fingerprint density at radius 1 is 0.982 bits per heavy atom. The molecular formula is C39H57N7O7S2. The number of aliphatic imine (C=N–C) groups is 2. The molecule has 6 N–H and O–H groups in total. The van der Waals surface area contributed by atoms with Crippen LogP contribution in [0.15, 0.2) is 20.8 Å². The van der Waals surface area contributed by atoms with E-state index in [1.54, 1.807) is 17.6 Å². The van der Waals surface area contributed by atoms with Crippen LogP contribution in [0.2, 0.25) is 0 Å². The van der Waals surface area contributed by atoms with Crippen LogP contribution in [0.1, 0.15) is 138 Å². The molecule has 55 heavy (non-hydrogen) atoms. The number of aromatic nitrogens is 1. The minimum atomic E-state index is -1.11. The summed E-state index contributed by atoms with van der Waals surface area (Å²) >= 11 is 2.87. The second-order valence-electron chi connectivity index (χ2n) is 15.3. The normalized spacial score (nSPS) is 20.4. The Bertz CT molecular complexity index is 1720. The van der Waals surface area contributed by atoms with Gasteiger partial charge in [-0.15, -0.1) is 23.5 Å². The maximum absolute atomic E-state index is 13.7. The topological polar surface area (TPSA) is 214 Å². The van der Waals surface area contributed by atoms with E-state index in [-0.39, 0.29) is 42.8 Å². The SMILES string of the molecule is CCCCCCCCCCCCCC(=O)N[C@H](CC(N)=O)C(=O)N[C@@H](C)CCc1c2c(cc(=O)n1CC1=NC(C3=NC(C(=O)O)CS3)CS1)C1(CC1)NC2=O. The summed E-state index contributed by atoms with van der Waals surface area (Å²) in [5.41, 5.74) is 6.46. The molecule has 1 aromatic rings. The number of aliphatic carboxylic acids is 1. The summed E-state index contributed by atoms with van der Waals surface area (Å²) in [6.07, 6.45) is 14.8. The maximum Gasteiger partial charge on any atom is 0.329 e. The van der Waals surface area contributed by atoms with E-state index in [0.29, 0.717) is 57.7 Å². The first-order valence-electron chi connectivity index (χ1n) is 20.0. The van der Waals surface area contributed by atoms with Crippen molar-refractivity contribution >= 4 is 63.2 Å². The number of hydrogen-bond donors (Lipinski definition) is 5. The number of nitrogens with one attached hydrogen (secondary N) is 3. The van der Waals surface area contributed by atoms with Gasteiger partial charge in [0.2, 0.25) is 17.7 Å². The fourth-order valence-corrected chi connectivity index (χ4v) is 9.68. The van der Waals surface area contributed by atoms with Gasteiger partial charge in [0.1, 0.15) is 12.1 Å². The Hall–Kier alpha value is -3.66. The van der Waals surface area contributed by atoms with Crippen LogP contribution in [0.25, 0.3) is 0 Å². The molecule has 4 heterocycles. The van der Waals surface area contributed by atoms with E-state index in [4.69, 9.17) is 10.7 Å². The molecule has 2 unspecified atom stereocenters. The second-order valence-corrected chi connectivity index (χ2v) is 17.5. The van der Waals surface area contributed by atoms with E-state index < -0.39 is 41.4 Å². The molecule has 4 atom stereocenters. The number of pyridine rings is 1.